The predicted octanol–water partition coefficient (Wildman–Crippen LogP) is 4.24. The summed E-state index contributed by atoms with van der Waals surface area (Å²) in [7, 11) is -3.99. The number of benzene rings is 3. The molecule has 1 fully saturated rings. The third kappa shape index (κ3) is 5.05. The fraction of sp³-hybridized carbons (Fsp3) is 0.200. The van der Waals surface area contributed by atoms with E-state index in [0.717, 1.165) is 12.1 Å². The van der Waals surface area contributed by atoms with E-state index in [-0.39, 0.29) is 42.5 Å². The number of carbonyl (C=O) groups is 2. The zero-order valence-corrected chi connectivity index (χ0v) is 18.9. The van der Waals surface area contributed by atoms with E-state index in [2.05, 4.69) is 5.32 Å². The molecule has 176 valence electrons. The van der Waals surface area contributed by atoms with Gasteiger partial charge in [-0.3, -0.25) is 9.59 Å². The molecule has 0 bridgehead atoms. The quantitative estimate of drug-likeness (QED) is 0.531. The number of rotatable bonds is 6. The highest BCUT2D eigenvalue weighted by molar-refractivity contribution is 7.89. The molecule has 9 heteroatoms. The first-order valence-corrected chi connectivity index (χ1v) is 12.2. The minimum absolute atomic E-state index is 0.0753. The third-order valence-corrected chi connectivity index (χ3v) is 7.68. The lowest BCUT2D eigenvalue weighted by Gasteiger charge is -2.30. The highest BCUT2D eigenvalue weighted by Crippen LogP contribution is 2.26. The molecule has 34 heavy (non-hydrogen) atoms. The van der Waals surface area contributed by atoms with Crippen LogP contribution in [0.5, 0.6) is 0 Å². The number of carbonyl (C=O) groups excluding carboxylic acids is 2. The summed E-state index contributed by atoms with van der Waals surface area (Å²) in [6, 6.07) is 17.9. The van der Waals surface area contributed by atoms with Crippen molar-refractivity contribution in [3.05, 3.63) is 95.6 Å². The molecule has 1 aliphatic rings. The number of amides is 1. The largest absolute Gasteiger partial charge is 0.326 e. The number of ketones is 1. The predicted molar refractivity (Wildman–Crippen MR) is 123 cm³/mol. The number of hydrogen-bond donors (Lipinski definition) is 1. The summed E-state index contributed by atoms with van der Waals surface area (Å²) < 4.78 is 53.3. The SMILES string of the molecule is O=C(c1ccccc1)c1cccc(NC(=O)C2CCN(S(=O)(=O)c3ccc(F)c(F)c3)CC2)c1. The van der Waals surface area contributed by atoms with Gasteiger partial charge in [0.2, 0.25) is 15.9 Å². The van der Waals surface area contributed by atoms with Crippen molar-refractivity contribution in [1.82, 2.24) is 4.31 Å². The summed E-state index contributed by atoms with van der Waals surface area (Å²) in [4.78, 5) is 25.1. The van der Waals surface area contributed by atoms with Crippen molar-refractivity contribution in [2.24, 2.45) is 5.92 Å². The monoisotopic (exact) mass is 484 g/mol. The van der Waals surface area contributed by atoms with Crippen LogP contribution in [0.2, 0.25) is 0 Å². The second kappa shape index (κ2) is 9.82. The van der Waals surface area contributed by atoms with E-state index in [1.807, 2.05) is 6.07 Å². The zero-order chi connectivity index (χ0) is 24.3. The van der Waals surface area contributed by atoms with Crippen LogP contribution in [0.3, 0.4) is 0 Å². The molecule has 1 aliphatic heterocycles. The summed E-state index contributed by atoms with van der Waals surface area (Å²) in [5.41, 5.74) is 1.46. The van der Waals surface area contributed by atoms with E-state index < -0.39 is 27.6 Å². The fourth-order valence-electron chi connectivity index (χ4n) is 3.88. The zero-order valence-electron chi connectivity index (χ0n) is 18.1. The summed E-state index contributed by atoms with van der Waals surface area (Å²) in [6.45, 7) is 0.151. The van der Waals surface area contributed by atoms with Crippen LogP contribution >= 0.6 is 0 Å². The van der Waals surface area contributed by atoms with E-state index in [9.17, 15) is 26.8 Å². The Morgan fingerprint density at radius 2 is 1.50 bits per heavy atom. The van der Waals surface area contributed by atoms with Gasteiger partial charge in [0.15, 0.2) is 17.4 Å². The van der Waals surface area contributed by atoms with Crippen molar-refractivity contribution < 1.29 is 26.8 Å². The fourth-order valence-corrected chi connectivity index (χ4v) is 5.37. The Morgan fingerprint density at radius 1 is 0.824 bits per heavy atom. The molecule has 1 saturated heterocycles. The Morgan fingerprint density at radius 3 is 2.18 bits per heavy atom. The number of halogens is 2. The van der Waals surface area contributed by atoms with Crippen LogP contribution in [-0.4, -0.2) is 37.5 Å². The molecule has 1 heterocycles. The molecule has 1 N–H and O–H groups in total. The summed E-state index contributed by atoms with van der Waals surface area (Å²) in [6.07, 6.45) is 0.550. The average Bonchev–Trinajstić information content (AvgIpc) is 2.86. The maximum absolute atomic E-state index is 13.5. The smallest absolute Gasteiger partial charge is 0.243 e. The van der Waals surface area contributed by atoms with Gasteiger partial charge in [-0.15, -0.1) is 0 Å². The number of hydrogen-bond acceptors (Lipinski definition) is 4. The van der Waals surface area contributed by atoms with Crippen molar-refractivity contribution in [1.29, 1.82) is 0 Å². The molecule has 0 spiro atoms. The topological polar surface area (TPSA) is 83.6 Å². The second-order valence-corrected chi connectivity index (χ2v) is 9.96. The third-order valence-electron chi connectivity index (χ3n) is 5.78. The first-order chi connectivity index (χ1) is 16.3. The standard InChI is InChI=1S/C25H22F2N2O4S/c26-22-10-9-21(16-23(22)27)34(32,33)29-13-11-18(12-14-29)25(31)28-20-8-4-7-19(15-20)24(30)17-5-2-1-3-6-17/h1-10,15-16,18H,11-14H2,(H,28,31). The van der Waals surface area contributed by atoms with Crippen molar-refractivity contribution >= 4 is 27.4 Å². The first kappa shape index (κ1) is 23.7. The van der Waals surface area contributed by atoms with Crippen LogP contribution in [0.1, 0.15) is 28.8 Å². The van der Waals surface area contributed by atoms with Gasteiger partial charge in [0, 0.05) is 35.8 Å². The molecule has 0 aliphatic carbocycles. The van der Waals surface area contributed by atoms with Gasteiger partial charge < -0.3 is 5.32 Å². The second-order valence-electron chi connectivity index (χ2n) is 8.02. The minimum Gasteiger partial charge on any atom is -0.326 e. The van der Waals surface area contributed by atoms with Crippen molar-refractivity contribution in [3.8, 4) is 0 Å². The highest BCUT2D eigenvalue weighted by atomic mass is 32.2. The van der Waals surface area contributed by atoms with Crippen molar-refractivity contribution in [2.75, 3.05) is 18.4 Å². The highest BCUT2D eigenvalue weighted by Gasteiger charge is 2.32. The van der Waals surface area contributed by atoms with Crippen molar-refractivity contribution in [3.63, 3.8) is 0 Å². The summed E-state index contributed by atoms with van der Waals surface area (Å²) in [5.74, 6) is -3.21. The van der Waals surface area contributed by atoms with Crippen LogP contribution in [0.4, 0.5) is 14.5 Å². The Bertz CT molecular complexity index is 1320. The lowest BCUT2D eigenvalue weighted by molar-refractivity contribution is -0.120. The average molecular weight is 485 g/mol. The molecule has 6 nitrogen and oxygen atoms in total. The van der Waals surface area contributed by atoms with E-state index >= 15 is 0 Å². The molecule has 0 unspecified atom stereocenters. The summed E-state index contributed by atoms with van der Waals surface area (Å²) >= 11 is 0. The molecular weight excluding hydrogens is 462 g/mol. The normalized spacial score (nSPS) is 15.1. The summed E-state index contributed by atoms with van der Waals surface area (Å²) in [5, 5.41) is 2.81. The number of nitrogens with one attached hydrogen (secondary N) is 1. The van der Waals surface area contributed by atoms with Crippen LogP contribution in [-0.2, 0) is 14.8 Å². The molecular formula is C25H22F2N2O4S. The maximum atomic E-state index is 13.5. The molecule has 4 rings (SSSR count). The Labute approximate surface area is 196 Å². The van der Waals surface area contributed by atoms with E-state index in [1.165, 1.54) is 4.31 Å². The molecule has 0 radical (unpaired) electrons. The Hall–Kier alpha value is -3.43. The van der Waals surface area contributed by atoms with E-state index in [4.69, 9.17) is 0 Å². The van der Waals surface area contributed by atoms with Gasteiger partial charge in [0.25, 0.3) is 0 Å². The maximum Gasteiger partial charge on any atom is 0.243 e. The van der Waals surface area contributed by atoms with Crippen LogP contribution < -0.4 is 5.32 Å². The minimum atomic E-state index is -3.99. The molecule has 0 atom stereocenters. The van der Waals surface area contributed by atoms with E-state index in [0.29, 0.717) is 22.9 Å². The number of anilines is 1. The van der Waals surface area contributed by atoms with Crippen LogP contribution in [0.15, 0.2) is 77.7 Å². The lowest BCUT2D eigenvalue weighted by atomic mass is 9.97. The van der Waals surface area contributed by atoms with Crippen LogP contribution in [0, 0.1) is 17.6 Å². The number of nitrogens with zero attached hydrogens (tertiary/aromatic N) is 1. The van der Waals surface area contributed by atoms with Crippen LogP contribution in [0.25, 0.3) is 0 Å². The molecule has 0 aromatic heterocycles. The first-order valence-electron chi connectivity index (χ1n) is 10.7. The lowest BCUT2D eigenvalue weighted by Crippen LogP contribution is -2.41. The molecule has 0 saturated carbocycles. The Balaban J connectivity index is 1.39. The van der Waals surface area contributed by atoms with Crippen molar-refractivity contribution in [2.45, 2.75) is 17.7 Å². The van der Waals surface area contributed by atoms with Gasteiger partial charge in [-0.2, -0.15) is 4.31 Å². The van der Waals surface area contributed by atoms with Gasteiger partial charge in [-0.05, 0) is 43.2 Å². The Kier molecular flexibility index (Phi) is 6.85. The van der Waals surface area contributed by atoms with E-state index in [1.54, 1.807) is 48.5 Å². The molecule has 1 amide bonds. The van der Waals surface area contributed by atoms with Gasteiger partial charge in [-0.25, -0.2) is 17.2 Å². The van der Waals surface area contributed by atoms with Gasteiger partial charge in [0.05, 0.1) is 4.90 Å². The molecule has 3 aromatic rings. The van der Waals surface area contributed by atoms with Gasteiger partial charge in [-0.1, -0.05) is 42.5 Å². The van der Waals surface area contributed by atoms with Gasteiger partial charge in [0.1, 0.15) is 0 Å². The van der Waals surface area contributed by atoms with Gasteiger partial charge >= 0.3 is 0 Å². The number of sulfonamides is 1. The molecule has 3 aromatic carbocycles. The number of piperidine rings is 1.